The average Bonchev–Trinajstić information content (AvgIpc) is 2.65. The first-order valence-electron chi connectivity index (χ1n) is 8.50. The minimum atomic E-state index is -3.64. The molecule has 0 unspecified atom stereocenters. The molecule has 2 aromatic carbocycles. The molecule has 2 aromatic rings. The lowest BCUT2D eigenvalue weighted by Gasteiger charge is -2.20. The highest BCUT2D eigenvalue weighted by Crippen LogP contribution is 2.22. The first-order chi connectivity index (χ1) is 12.4. The summed E-state index contributed by atoms with van der Waals surface area (Å²) >= 11 is 0. The van der Waals surface area contributed by atoms with Gasteiger partial charge in [0.15, 0.2) is 0 Å². The third-order valence-corrected chi connectivity index (χ3v) is 5.89. The summed E-state index contributed by atoms with van der Waals surface area (Å²) in [5.41, 5.74) is 7.39. The molecule has 0 bridgehead atoms. The van der Waals surface area contributed by atoms with Crippen molar-refractivity contribution in [3.05, 3.63) is 59.7 Å². The summed E-state index contributed by atoms with van der Waals surface area (Å²) in [5, 5.41) is 2.82. The number of hydrogen-bond acceptors (Lipinski definition) is 4. The molecule has 0 saturated heterocycles. The number of aryl methyl sites for hydroxylation is 1. The number of nitrogens with one attached hydrogen (secondary N) is 1. The van der Waals surface area contributed by atoms with Crippen LogP contribution in [0.2, 0.25) is 0 Å². The summed E-state index contributed by atoms with van der Waals surface area (Å²) in [7, 11) is -2.14. The van der Waals surface area contributed by atoms with Crippen molar-refractivity contribution < 1.29 is 13.2 Å². The van der Waals surface area contributed by atoms with E-state index >= 15 is 0 Å². The Morgan fingerprint density at radius 1 is 1.04 bits per heavy atom. The smallest absolute Gasteiger partial charge is 0.264 e. The van der Waals surface area contributed by atoms with Gasteiger partial charge in [0.2, 0.25) is 0 Å². The topological polar surface area (TPSA) is 92.5 Å². The Morgan fingerprint density at radius 3 is 2.19 bits per heavy atom. The molecule has 0 fully saturated rings. The van der Waals surface area contributed by atoms with E-state index in [9.17, 15) is 13.2 Å². The van der Waals surface area contributed by atoms with Gasteiger partial charge in [0.1, 0.15) is 0 Å². The number of nitrogens with two attached hydrogens (primary N) is 1. The summed E-state index contributed by atoms with van der Waals surface area (Å²) in [4.78, 5) is 12.3. The van der Waals surface area contributed by atoms with Crippen molar-refractivity contribution in [2.24, 2.45) is 5.73 Å². The molecular formula is C19H26ClN3O3S. The number of benzene rings is 2. The van der Waals surface area contributed by atoms with Crippen molar-refractivity contribution in [3.63, 3.8) is 0 Å². The summed E-state index contributed by atoms with van der Waals surface area (Å²) in [6.07, 6.45) is 1.69. The number of amides is 1. The standard InChI is InChI=1S/C19H25N3O3S.ClH/c1-15-5-11-18(12-6-15)26(24,25)22(2)17-9-7-16(8-10-17)19(23)21-14-4-3-13-20;/h5-12H,3-4,13-14,20H2,1-2H3,(H,21,23);1H. The van der Waals surface area contributed by atoms with Gasteiger partial charge >= 0.3 is 0 Å². The molecule has 2 rings (SSSR count). The van der Waals surface area contributed by atoms with Gasteiger partial charge < -0.3 is 11.1 Å². The molecule has 3 N–H and O–H groups in total. The summed E-state index contributed by atoms with van der Waals surface area (Å²) < 4.78 is 26.6. The Balaban J connectivity index is 0.00000364. The molecule has 0 saturated carbocycles. The largest absolute Gasteiger partial charge is 0.352 e. The van der Waals surface area contributed by atoms with Crippen molar-refractivity contribution >= 4 is 34.0 Å². The van der Waals surface area contributed by atoms with E-state index in [2.05, 4.69) is 5.32 Å². The van der Waals surface area contributed by atoms with Crippen LogP contribution in [0.15, 0.2) is 53.4 Å². The first kappa shape index (κ1) is 23.0. The van der Waals surface area contributed by atoms with Crippen LogP contribution in [-0.2, 0) is 10.0 Å². The number of anilines is 1. The third-order valence-electron chi connectivity index (χ3n) is 4.09. The van der Waals surface area contributed by atoms with E-state index in [-0.39, 0.29) is 23.2 Å². The van der Waals surface area contributed by atoms with Crippen molar-refractivity contribution in [2.45, 2.75) is 24.7 Å². The van der Waals surface area contributed by atoms with Gasteiger partial charge in [-0.15, -0.1) is 12.4 Å². The zero-order chi connectivity index (χ0) is 19.2. The van der Waals surface area contributed by atoms with Crippen LogP contribution >= 0.6 is 12.4 Å². The normalized spacial score (nSPS) is 10.8. The fraction of sp³-hybridized carbons (Fsp3) is 0.316. The van der Waals surface area contributed by atoms with Crippen LogP contribution in [0.5, 0.6) is 0 Å². The second-order valence-corrected chi connectivity index (χ2v) is 8.05. The van der Waals surface area contributed by atoms with E-state index in [0.717, 1.165) is 18.4 Å². The Morgan fingerprint density at radius 2 is 1.63 bits per heavy atom. The highest BCUT2D eigenvalue weighted by atomic mass is 35.5. The fourth-order valence-corrected chi connectivity index (χ4v) is 3.60. The van der Waals surface area contributed by atoms with E-state index in [0.29, 0.717) is 24.3 Å². The van der Waals surface area contributed by atoms with Gasteiger partial charge in [-0.05, 0) is 62.7 Å². The van der Waals surface area contributed by atoms with Crippen LogP contribution in [0.3, 0.4) is 0 Å². The van der Waals surface area contributed by atoms with Crippen molar-refractivity contribution in [1.29, 1.82) is 0 Å². The van der Waals surface area contributed by atoms with Crippen LogP contribution in [0, 0.1) is 6.92 Å². The molecule has 0 aliphatic heterocycles. The van der Waals surface area contributed by atoms with Gasteiger partial charge in [0.25, 0.3) is 15.9 Å². The Hall–Kier alpha value is -2.09. The maximum absolute atomic E-state index is 12.7. The number of halogens is 1. The van der Waals surface area contributed by atoms with Gasteiger partial charge in [-0.1, -0.05) is 17.7 Å². The summed E-state index contributed by atoms with van der Waals surface area (Å²) in [6, 6.07) is 13.2. The van der Waals surface area contributed by atoms with Gasteiger partial charge in [0.05, 0.1) is 10.6 Å². The van der Waals surface area contributed by atoms with E-state index in [1.54, 1.807) is 48.5 Å². The number of hydrogen-bond donors (Lipinski definition) is 2. The Labute approximate surface area is 167 Å². The molecule has 0 heterocycles. The molecule has 27 heavy (non-hydrogen) atoms. The van der Waals surface area contributed by atoms with E-state index in [1.807, 2.05) is 6.92 Å². The van der Waals surface area contributed by atoms with E-state index in [4.69, 9.17) is 5.73 Å². The predicted octanol–water partition coefficient (Wildman–Crippen LogP) is 2.71. The molecule has 148 valence electrons. The number of carbonyl (C=O) groups is 1. The van der Waals surface area contributed by atoms with E-state index < -0.39 is 10.0 Å². The Kier molecular flexibility index (Phi) is 8.75. The molecule has 6 nitrogen and oxygen atoms in total. The molecule has 0 spiro atoms. The zero-order valence-corrected chi connectivity index (χ0v) is 17.1. The average molecular weight is 412 g/mol. The van der Waals surface area contributed by atoms with E-state index in [1.165, 1.54) is 11.4 Å². The quantitative estimate of drug-likeness (QED) is 0.653. The van der Waals surface area contributed by atoms with Crippen LogP contribution in [-0.4, -0.2) is 34.5 Å². The lowest BCUT2D eigenvalue weighted by molar-refractivity contribution is 0.0953. The lowest BCUT2D eigenvalue weighted by Crippen LogP contribution is -2.27. The minimum absolute atomic E-state index is 0. The molecular weight excluding hydrogens is 386 g/mol. The highest BCUT2D eigenvalue weighted by molar-refractivity contribution is 7.92. The number of rotatable bonds is 8. The monoisotopic (exact) mass is 411 g/mol. The number of carbonyl (C=O) groups excluding carboxylic acids is 1. The zero-order valence-electron chi connectivity index (χ0n) is 15.5. The van der Waals surface area contributed by atoms with Crippen molar-refractivity contribution in [3.8, 4) is 0 Å². The second kappa shape index (κ2) is 10.3. The van der Waals surface area contributed by atoms with Crippen molar-refractivity contribution in [2.75, 3.05) is 24.4 Å². The van der Waals surface area contributed by atoms with Gasteiger partial charge in [-0.3, -0.25) is 9.10 Å². The molecule has 0 aliphatic carbocycles. The number of unbranched alkanes of at least 4 members (excludes halogenated alkanes) is 1. The number of sulfonamides is 1. The SMILES string of the molecule is Cc1ccc(S(=O)(=O)N(C)c2ccc(C(=O)NCCCCN)cc2)cc1.Cl. The van der Waals surface area contributed by atoms with Crippen molar-refractivity contribution in [1.82, 2.24) is 5.32 Å². The molecule has 1 amide bonds. The van der Waals surface area contributed by atoms with Crippen LogP contribution in [0.1, 0.15) is 28.8 Å². The highest BCUT2D eigenvalue weighted by Gasteiger charge is 2.21. The number of nitrogens with zero attached hydrogens (tertiary/aromatic N) is 1. The Bertz CT molecular complexity index is 838. The van der Waals surface area contributed by atoms with Crippen LogP contribution < -0.4 is 15.4 Å². The minimum Gasteiger partial charge on any atom is -0.352 e. The molecule has 0 radical (unpaired) electrons. The molecule has 0 aromatic heterocycles. The molecule has 0 atom stereocenters. The maximum atomic E-state index is 12.7. The van der Waals surface area contributed by atoms with Crippen LogP contribution in [0.4, 0.5) is 5.69 Å². The first-order valence-corrected chi connectivity index (χ1v) is 9.94. The summed E-state index contributed by atoms with van der Waals surface area (Å²) in [6.45, 7) is 3.08. The second-order valence-electron chi connectivity index (χ2n) is 6.08. The fourth-order valence-electron chi connectivity index (χ4n) is 2.40. The lowest BCUT2D eigenvalue weighted by atomic mass is 10.2. The molecule has 8 heteroatoms. The predicted molar refractivity (Wildman–Crippen MR) is 111 cm³/mol. The summed E-state index contributed by atoms with van der Waals surface area (Å²) in [5.74, 6) is -0.183. The van der Waals surface area contributed by atoms with Gasteiger partial charge in [-0.2, -0.15) is 0 Å². The van der Waals surface area contributed by atoms with Crippen LogP contribution in [0.25, 0.3) is 0 Å². The van der Waals surface area contributed by atoms with Gasteiger partial charge in [0, 0.05) is 19.2 Å². The maximum Gasteiger partial charge on any atom is 0.264 e. The van der Waals surface area contributed by atoms with Gasteiger partial charge in [-0.25, -0.2) is 8.42 Å². The molecule has 0 aliphatic rings. The third kappa shape index (κ3) is 5.95.